The summed E-state index contributed by atoms with van der Waals surface area (Å²) < 4.78 is 33.4. The Hall–Kier alpha value is -2.13. The number of benzene rings is 2. The van der Waals surface area contributed by atoms with Crippen molar-refractivity contribution in [3.05, 3.63) is 64.7 Å². The van der Waals surface area contributed by atoms with E-state index in [-0.39, 0.29) is 30.8 Å². The molecule has 2 saturated heterocycles. The van der Waals surface area contributed by atoms with Crippen molar-refractivity contribution >= 4 is 17.9 Å². The minimum Gasteiger partial charge on any atom is -0.486 e. The van der Waals surface area contributed by atoms with Crippen molar-refractivity contribution in [3.63, 3.8) is 0 Å². The van der Waals surface area contributed by atoms with Gasteiger partial charge in [-0.1, -0.05) is 41.8 Å². The third kappa shape index (κ3) is 6.36. The predicted molar refractivity (Wildman–Crippen MR) is 137 cm³/mol. The fourth-order valence-corrected chi connectivity index (χ4v) is 5.60. The number of likely N-dealkylation sites (tertiary alicyclic amines) is 1. The summed E-state index contributed by atoms with van der Waals surface area (Å²) in [5.74, 6) is 1.47. The van der Waals surface area contributed by atoms with E-state index in [0.717, 1.165) is 28.0 Å². The van der Waals surface area contributed by atoms with Gasteiger partial charge in [0.15, 0.2) is 0 Å². The van der Waals surface area contributed by atoms with E-state index in [4.69, 9.17) is 14.2 Å². The fourth-order valence-electron chi connectivity index (χ4n) is 4.64. The molecule has 6 nitrogen and oxygen atoms in total. The van der Waals surface area contributed by atoms with E-state index in [1.807, 2.05) is 72.6 Å². The molecule has 190 valence electrons. The summed E-state index contributed by atoms with van der Waals surface area (Å²) in [4.78, 5) is 15.0. The largest absolute Gasteiger partial charge is 0.486 e. The molecular formula is C27H35FN2O4S. The molecule has 0 saturated carbocycles. The lowest BCUT2D eigenvalue weighted by atomic mass is 10.0. The molecule has 2 aromatic rings. The monoisotopic (exact) mass is 502 g/mol. The molecular weight excluding hydrogens is 467 g/mol. The number of rotatable bonds is 8. The van der Waals surface area contributed by atoms with Gasteiger partial charge in [-0.2, -0.15) is 0 Å². The first-order valence-corrected chi connectivity index (χ1v) is 13.0. The van der Waals surface area contributed by atoms with Crippen molar-refractivity contribution in [2.75, 3.05) is 40.5 Å². The second-order valence-electron chi connectivity index (χ2n) is 9.37. The van der Waals surface area contributed by atoms with Crippen LogP contribution >= 0.6 is 11.9 Å². The van der Waals surface area contributed by atoms with E-state index in [1.54, 1.807) is 19.1 Å². The summed E-state index contributed by atoms with van der Waals surface area (Å²) in [5.41, 5.74) is 3.85. The van der Waals surface area contributed by atoms with Gasteiger partial charge in [0.25, 0.3) is 5.91 Å². The minimum absolute atomic E-state index is 0.00631. The first-order valence-electron chi connectivity index (χ1n) is 12.1. The number of carbonyl (C=O) groups is 1. The summed E-state index contributed by atoms with van der Waals surface area (Å²) in [6.07, 6.45) is -0.721. The smallest absolute Gasteiger partial charge is 0.254 e. The van der Waals surface area contributed by atoms with Gasteiger partial charge in [-0.25, -0.2) is 8.70 Å². The maximum Gasteiger partial charge on any atom is 0.254 e. The molecule has 0 aromatic heterocycles. The molecule has 2 fully saturated rings. The lowest BCUT2D eigenvalue weighted by Gasteiger charge is -2.32. The van der Waals surface area contributed by atoms with Gasteiger partial charge in [-0.05, 0) is 56.6 Å². The van der Waals surface area contributed by atoms with Crippen LogP contribution in [0.25, 0.3) is 0 Å². The van der Waals surface area contributed by atoms with E-state index in [1.165, 1.54) is 0 Å². The lowest BCUT2D eigenvalue weighted by Crippen LogP contribution is -2.42. The molecule has 1 amide bonds. The van der Waals surface area contributed by atoms with Crippen LogP contribution in [0.2, 0.25) is 0 Å². The van der Waals surface area contributed by atoms with Crippen molar-refractivity contribution in [3.8, 4) is 5.75 Å². The zero-order chi connectivity index (χ0) is 24.9. The van der Waals surface area contributed by atoms with Gasteiger partial charge in [0, 0.05) is 25.0 Å². The minimum atomic E-state index is -0.960. The Kier molecular flexibility index (Phi) is 8.70. The van der Waals surface area contributed by atoms with Gasteiger partial charge < -0.3 is 19.1 Å². The zero-order valence-electron chi connectivity index (χ0n) is 20.9. The maximum atomic E-state index is 14.2. The van der Waals surface area contributed by atoms with E-state index in [9.17, 15) is 9.18 Å². The highest BCUT2D eigenvalue weighted by molar-refractivity contribution is 7.96. The summed E-state index contributed by atoms with van der Waals surface area (Å²) in [5, 5.41) is 0. The Balaban J connectivity index is 1.37. The van der Waals surface area contributed by atoms with Gasteiger partial charge in [0.1, 0.15) is 24.1 Å². The number of ether oxygens (including phenoxy) is 3. The van der Waals surface area contributed by atoms with Gasteiger partial charge in [0.05, 0.1) is 25.7 Å². The Morgan fingerprint density at radius 3 is 2.77 bits per heavy atom. The molecule has 8 heteroatoms. The normalized spacial score (nSPS) is 24.7. The molecule has 0 radical (unpaired) electrons. The number of amides is 1. The highest BCUT2D eigenvalue weighted by atomic mass is 32.2. The van der Waals surface area contributed by atoms with Crippen molar-refractivity contribution < 1.29 is 23.4 Å². The van der Waals surface area contributed by atoms with E-state index < -0.39 is 6.17 Å². The van der Waals surface area contributed by atoms with Gasteiger partial charge in [-0.15, -0.1) is 0 Å². The van der Waals surface area contributed by atoms with Crippen LogP contribution in [0.3, 0.4) is 0 Å². The molecule has 4 rings (SSSR count). The number of alkyl halides is 1. The number of nitrogens with zero attached hydrogens (tertiary/aromatic N) is 2. The standard InChI is InChI=1S/C27H35FN2O4S/c1-18-8-9-19(2)22(12-18)27(31)30-14-25(32-4)26(15-30)34-21-7-5-6-20(13-21)17-35-29(3)24-10-11-33-16-23(24)28/h5-9,12-13,23-26H,10-11,14-17H2,1-4H3. The topological polar surface area (TPSA) is 51.2 Å². The summed E-state index contributed by atoms with van der Waals surface area (Å²) in [7, 11) is 3.60. The number of hydrogen-bond donors (Lipinski definition) is 0. The summed E-state index contributed by atoms with van der Waals surface area (Å²) in [6.45, 7) is 5.68. The number of carbonyl (C=O) groups excluding carboxylic acids is 1. The van der Waals surface area contributed by atoms with Gasteiger partial charge in [-0.3, -0.25) is 4.79 Å². The Labute approximate surface area is 211 Å². The Morgan fingerprint density at radius 2 is 2.00 bits per heavy atom. The lowest BCUT2D eigenvalue weighted by molar-refractivity contribution is -0.0000554. The molecule has 2 aromatic carbocycles. The second kappa shape index (κ2) is 11.7. The van der Waals surface area contributed by atoms with Crippen LogP contribution in [0, 0.1) is 13.8 Å². The van der Waals surface area contributed by atoms with Crippen LogP contribution in [-0.4, -0.2) is 80.0 Å². The van der Waals surface area contributed by atoms with Crippen LogP contribution in [-0.2, 0) is 15.2 Å². The van der Waals surface area contributed by atoms with Crippen LogP contribution < -0.4 is 4.74 Å². The summed E-state index contributed by atoms with van der Waals surface area (Å²) >= 11 is 1.61. The Morgan fingerprint density at radius 1 is 1.20 bits per heavy atom. The molecule has 4 atom stereocenters. The van der Waals surface area contributed by atoms with Crippen LogP contribution in [0.1, 0.15) is 33.5 Å². The predicted octanol–water partition coefficient (Wildman–Crippen LogP) is 4.43. The van der Waals surface area contributed by atoms with E-state index in [2.05, 4.69) is 0 Å². The number of halogens is 1. The van der Waals surface area contributed by atoms with Crippen molar-refractivity contribution in [2.24, 2.45) is 0 Å². The van der Waals surface area contributed by atoms with Crippen LogP contribution in [0.5, 0.6) is 5.75 Å². The highest BCUT2D eigenvalue weighted by Crippen LogP contribution is 2.28. The average molecular weight is 503 g/mol. The first-order chi connectivity index (χ1) is 16.9. The maximum absolute atomic E-state index is 14.2. The van der Waals surface area contributed by atoms with Gasteiger partial charge >= 0.3 is 0 Å². The second-order valence-corrected chi connectivity index (χ2v) is 10.5. The summed E-state index contributed by atoms with van der Waals surface area (Å²) in [6, 6.07) is 13.8. The molecule has 2 aliphatic rings. The van der Waals surface area contributed by atoms with Crippen LogP contribution in [0.15, 0.2) is 42.5 Å². The first kappa shape index (κ1) is 25.9. The SMILES string of the molecule is COC1CN(C(=O)c2cc(C)ccc2C)CC1Oc1cccc(CSN(C)C2CCOCC2F)c1. The molecule has 0 N–H and O–H groups in total. The molecule has 0 bridgehead atoms. The van der Waals surface area contributed by atoms with Crippen molar-refractivity contribution in [1.82, 2.24) is 9.21 Å². The number of methoxy groups -OCH3 is 1. The zero-order valence-corrected chi connectivity index (χ0v) is 21.7. The van der Waals surface area contributed by atoms with Crippen molar-refractivity contribution in [2.45, 2.75) is 50.4 Å². The third-order valence-electron chi connectivity index (χ3n) is 6.77. The molecule has 2 heterocycles. The van der Waals surface area contributed by atoms with E-state index in [0.29, 0.717) is 31.9 Å². The number of hydrogen-bond acceptors (Lipinski definition) is 6. The molecule has 4 unspecified atom stereocenters. The van der Waals surface area contributed by atoms with Gasteiger partial charge in [0.2, 0.25) is 0 Å². The molecule has 2 aliphatic heterocycles. The van der Waals surface area contributed by atoms with E-state index >= 15 is 0 Å². The third-order valence-corrected chi connectivity index (χ3v) is 7.91. The fraction of sp³-hybridized carbons (Fsp3) is 0.519. The molecule has 0 aliphatic carbocycles. The molecule has 0 spiro atoms. The quantitative estimate of drug-likeness (QED) is 0.498. The van der Waals surface area contributed by atoms with Crippen molar-refractivity contribution in [1.29, 1.82) is 0 Å². The van der Waals surface area contributed by atoms with Crippen LogP contribution in [0.4, 0.5) is 4.39 Å². The average Bonchev–Trinajstić information content (AvgIpc) is 3.27. The highest BCUT2D eigenvalue weighted by Gasteiger charge is 2.38. The molecule has 35 heavy (non-hydrogen) atoms. The Bertz CT molecular complexity index is 1020. The number of aryl methyl sites for hydroxylation is 2.